The van der Waals surface area contributed by atoms with Gasteiger partial charge in [0.1, 0.15) is 5.56 Å². The number of nitrogens with zero attached hydrogens (tertiary/aromatic N) is 2. The summed E-state index contributed by atoms with van der Waals surface area (Å²) in [6.07, 6.45) is 1.23. The molecule has 0 aliphatic carbocycles. The first-order valence-electron chi connectivity index (χ1n) is 8.73. The van der Waals surface area contributed by atoms with Crippen LogP contribution in [0.3, 0.4) is 0 Å². The highest BCUT2D eigenvalue weighted by Crippen LogP contribution is 2.31. The van der Waals surface area contributed by atoms with Crippen LogP contribution < -0.4 is 0 Å². The van der Waals surface area contributed by atoms with E-state index in [2.05, 4.69) is 5.10 Å². The molecule has 2 aromatic carbocycles. The van der Waals surface area contributed by atoms with Crippen LogP contribution in [0.1, 0.15) is 47.1 Å². The maximum Gasteiger partial charge on any atom is 0.339 e. The van der Waals surface area contributed by atoms with Crippen LogP contribution in [-0.4, -0.2) is 20.9 Å². The van der Waals surface area contributed by atoms with Crippen molar-refractivity contribution in [2.45, 2.75) is 32.6 Å². The Labute approximate surface area is 168 Å². The number of carboxylic acids is 1. The van der Waals surface area contributed by atoms with Crippen molar-refractivity contribution in [3.63, 3.8) is 0 Å². The summed E-state index contributed by atoms with van der Waals surface area (Å²) in [6.45, 7) is 3.89. The number of aryl methyl sites for hydroxylation is 2. The molecule has 4 nitrogen and oxygen atoms in total. The Balaban J connectivity index is 2.11. The summed E-state index contributed by atoms with van der Waals surface area (Å²) in [5.41, 5.74) is 3.13. The lowest BCUT2D eigenvalue weighted by Crippen LogP contribution is -2.09. The Kier molecular flexibility index (Phi) is 5.88. The minimum atomic E-state index is -0.980. The molecule has 0 atom stereocenters. The monoisotopic (exact) mass is 402 g/mol. The first-order valence-corrected chi connectivity index (χ1v) is 9.48. The van der Waals surface area contributed by atoms with Gasteiger partial charge < -0.3 is 5.11 Å². The second-order valence-electron chi connectivity index (χ2n) is 6.66. The highest BCUT2D eigenvalue weighted by molar-refractivity contribution is 6.34. The average molecular weight is 403 g/mol. The molecule has 0 bridgehead atoms. The van der Waals surface area contributed by atoms with Crippen LogP contribution >= 0.6 is 23.2 Å². The van der Waals surface area contributed by atoms with E-state index in [1.54, 1.807) is 22.9 Å². The topological polar surface area (TPSA) is 55.1 Å². The summed E-state index contributed by atoms with van der Waals surface area (Å²) in [5.74, 6) is -1.03. The van der Waals surface area contributed by atoms with E-state index < -0.39 is 5.97 Å². The number of hydrogen-bond donors (Lipinski definition) is 1. The summed E-state index contributed by atoms with van der Waals surface area (Å²) < 4.78 is 1.63. The van der Waals surface area contributed by atoms with Crippen LogP contribution in [0.4, 0.5) is 0 Å². The summed E-state index contributed by atoms with van der Waals surface area (Å²) in [6, 6.07) is 15.0. The standard InChI is InChI=1S/C21H20Cl2N2O2/c1-13(2)20-19(21(26)27)17(11-8-14-6-4-3-5-7-14)24-25(20)18-12-15(22)9-10-16(18)23/h3-7,9-10,12-13H,8,11H2,1-2H3,(H,26,27). The van der Waals surface area contributed by atoms with Gasteiger partial charge in [-0.2, -0.15) is 5.10 Å². The van der Waals surface area contributed by atoms with Gasteiger partial charge in [-0.3, -0.25) is 0 Å². The minimum Gasteiger partial charge on any atom is -0.478 e. The van der Waals surface area contributed by atoms with Crippen molar-refractivity contribution in [1.82, 2.24) is 9.78 Å². The molecule has 0 saturated heterocycles. The molecular weight excluding hydrogens is 383 g/mol. The zero-order valence-corrected chi connectivity index (χ0v) is 16.6. The highest BCUT2D eigenvalue weighted by atomic mass is 35.5. The average Bonchev–Trinajstić information content (AvgIpc) is 3.03. The number of aromatic nitrogens is 2. The Hall–Kier alpha value is -2.30. The van der Waals surface area contributed by atoms with Crippen molar-refractivity contribution in [2.24, 2.45) is 0 Å². The van der Waals surface area contributed by atoms with Crippen molar-refractivity contribution in [2.75, 3.05) is 0 Å². The molecule has 0 saturated carbocycles. The number of rotatable bonds is 6. The maximum absolute atomic E-state index is 12.0. The largest absolute Gasteiger partial charge is 0.478 e. The molecular formula is C21H20Cl2N2O2. The molecule has 140 valence electrons. The molecule has 1 aromatic heterocycles. The van der Waals surface area contributed by atoms with Gasteiger partial charge in [0, 0.05) is 5.02 Å². The molecule has 0 unspecified atom stereocenters. The van der Waals surface area contributed by atoms with Gasteiger partial charge in [-0.05, 0) is 42.5 Å². The van der Waals surface area contributed by atoms with E-state index in [0.29, 0.717) is 40.0 Å². The number of hydrogen-bond acceptors (Lipinski definition) is 2. The predicted molar refractivity (Wildman–Crippen MR) is 108 cm³/mol. The Morgan fingerprint density at radius 2 is 1.81 bits per heavy atom. The number of halogens is 2. The molecule has 0 amide bonds. The normalized spacial score (nSPS) is 11.1. The molecule has 1 N–H and O–H groups in total. The minimum absolute atomic E-state index is 0.0517. The fraction of sp³-hybridized carbons (Fsp3) is 0.238. The predicted octanol–water partition coefficient (Wildman–Crippen LogP) is 5.79. The van der Waals surface area contributed by atoms with E-state index in [1.807, 2.05) is 44.2 Å². The summed E-state index contributed by atoms with van der Waals surface area (Å²) in [4.78, 5) is 12.0. The number of carboxylic acid groups (broad SMARTS) is 1. The van der Waals surface area contributed by atoms with E-state index in [-0.39, 0.29) is 11.5 Å². The Morgan fingerprint density at radius 1 is 1.11 bits per heavy atom. The van der Waals surface area contributed by atoms with Crippen LogP contribution in [0.2, 0.25) is 10.0 Å². The highest BCUT2D eigenvalue weighted by Gasteiger charge is 2.26. The van der Waals surface area contributed by atoms with E-state index in [1.165, 1.54) is 0 Å². The molecule has 6 heteroatoms. The quantitative estimate of drug-likeness (QED) is 0.567. The molecule has 0 radical (unpaired) electrons. The third kappa shape index (κ3) is 4.18. The van der Waals surface area contributed by atoms with Crippen LogP contribution in [-0.2, 0) is 12.8 Å². The second-order valence-corrected chi connectivity index (χ2v) is 7.50. The lowest BCUT2D eigenvalue weighted by molar-refractivity contribution is 0.0694. The van der Waals surface area contributed by atoms with Gasteiger partial charge >= 0.3 is 5.97 Å². The first kappa shape index (κ1) is 19.5. The van der Waals surface area contributed by atoms with E-state index in [4.69, 9.17) is 23.2 Å². The smallest absolute Gasteiger partial charge is 0.339 e. The SMILES string of the molecule is CC(C)c1c(C(=O)O)c(CCc2ccccc2)nn1-c1cc(Cl)ccc1Cl. The van der Waals surface area contributed by atoms with E-state index >= 15 is 0 Å². The van der Waals surface area contributed by atoms with Gasteiger partial charge in [0.2, 0.25) is 0 Å². The lowest BCUT2D eigenvalue weighted by Gasteiger charge is -2.13. The summed E-state index contributed by atoms with van der Waals surface area (Å²) in [7, 11) is 0. The van der Waals surface area contributed by atoms with Gasteiger partial charge in [-0.15, -0.1) is 0 Å². The van der Waals surface area contributed by atoms with Gasteiger partial charge in [0.05, 0.1) is 22.1 Å². The summed E-state index contributed by atoms with van der Waals surface area (Å²) >= 11 is 12.5. The van der Waals surface area contributed by atoms with Crippen LogP contribution in [0.5, 0.6) is 0 Å². The van der Waals surface area contributed by atoms with Crippen molar-refractivity contribution < 1.29 is 9.90 Å². The Bertz CT molecular complexity index is 966. The molecule has 0 fully saturated rings. The van der Waals surface area contributed by atoms with Gasteiger partial charge in [-0.1, -0.05) is 67.4 Å². The van der Waals surface area contributed by atoms with Crippen LogP contribution in [0.15, 0.2) is 48.5 Å². The molecule has 27 heavy (non-hydrogen) atoms. The van der Waals surface area contributed by atoms with Crippen molar-refractivity contribution in [1.29, 1.82) is 0 Å². The van der Waals surface area contributed by atoms with Gasteiger partial charge in [0.25, 0.3) is 0 Å². The summed E-state index contributed by atoms with van der Waals surface area (Å²) in [5, 5.41) is 15.5. The number of aromatic carboxylic acids is 1. The van der Waals surface area contributed by atoms with Gasteiger partial charge in [0.15, 0.2) is 0 Å². The van der Waals surface area contributed by atoms with E-state index in [0.717, 1.165) is 5.56 Å². The third-order valence-electron chi connectivity index (χ3n) is 4.38. The fourth-order valence-electron chi connectivity index (χ4n) is 3.16. The van der Waals surface area contributed by atoms with Crippen LogP contribution in [0.25, 0.3) is 5.69 Å². The zero-order valence-electron chi connectivity index (χ0n) is 15.1. The number of benzene rings is 2. The van der Waals surface area contributed by atoms with Crippen LogP contribution in [0, 0.1) is 0 Å². The van der Waals surface area contributed by atoms with Gasteiger partial charge in [-0.25, -0.2) is 9.48 Å². The molecule has 1 heterocycles. The molecule has 0 spiro atoms. The molecule has 0 aliphatic rings. The Morgan fingerprint density at radius 3 is 2.44 bits per heavy atom. The third-order valence-corrected chi connectivity index (χ3v) is 4.94. The number of carbonyl (C=O) groups is 1. The van der Waals surface area contributed by atoms with Crippen molar-refractivity contribution in [3.8, 4) is 5.69 Å². The first-order chi connectivity index (χ1) is 12.9. The van der Waals surface area contributed by atoms with Crippen molar-refractivity contribution >= 4 is 29.2 Å². The maximum atomic E-state index is 12.0. The van der Waals surface area contributed by atoms with E-state index in [9.17, 15) is 9.90 Å². The second kappa shape index (κ2) is 8.15. The molecule has 3 rings (SSSR count). The molecule has 3 aromatic rings. The zero-order chi connectivity index (χ0) is 19.6. The van der Waals surface area contributed by atoms with Crippen molar-refractivity contribution in [3.05, 3.63) is 81.1 Å². The fourth-order valence-corrected chi connectivity index (χ4v) is 3.52. The molecule has 0 aliphatic heterocycles. The lowest BCUT2D eigenvalue weighted by atomic mass is 10.00.